The van der Waals surface area contributed by atoms with Crippen LogP contribution in [-0.2, 0) is 22.9 Å². The van der Waals surface area contributed by atoms with Crippen molar-refractivity contribution in [3.05, 3.63) is 29.3 Å². The van der Waals surface area contributed by atoms with Gasteiger partial charge in [-0.3, -0.25) is 0 Å². The highest BCUT2D eigenvalue weighted by Gasteiger charge is 2.34. The predicted octanol–water partition coefficient (Wildman–Crippen LogP) is 2.40. The number of nitrogens with one attached hydrogen (secondary N) is 1. The molecule has 122 valence electrons. The van der Waals surface area contributed by atoms with E-state index in [0.717, 1.165) is 44.9 Å². The van der Waals surface area contributed by atoms with Gasteiger partial charge in [-0.05, 0) is 61.8 Å². The number of fused-ring (bicyclic) bond motifs is 1. The molecule has 1 fully saturated rings. The normalized spacial score (nSPS) is 20.8. The molecular formula is C17H25NO3S. The Labute approximate surface area is 133 Å². The van der Waals surface area contributed by atoms with Crippen molar-refractivity contribution in [1.29, 1.82) is 0 Å². The fourth-order valence-electron chi connectivity index (χ4n) is 3.72. The first-order valence-corrected chi connectivity index (χ1v) is 9.75. The Morgan fingerprint density at radius 1 is 1.05 bits per heavy atom. The van der Waals surface area contributed by atoms with Crippen molar-refractivity contribution in [2.24, 2.45) is 5.41 Å². The number of hydrogen-bond donors (Lipinski definition) is 2. The van der Waals surface area contributed by atoms with Crippen molar-refractivity contribution < 1.29 is 13.5 Å². The lowest BCUT2D eigenvalue weighted by Gasteiger charge is -2.26. The Bertz CT molecular complexity index is 633. The van der Waals surface area contributed by atoms with Gasteiger partial charge in [-0.25, -0.2) is 13.1 Å². The van der Waals surface area contributed by atoms with Crippen LogP contribution < -0.4 is 4.72 Å². The van der Waals surface area contributed by atoms with Crippen molar-refractivity contribution in [3.63, 3.8) is 0 Å². The monoisotopic (exact) mass is 323 g/mol. The number of rotatable bonds is 5. The van der Waals surface area contributed by atoms with Gasteiger partial charge in [0.25, 0.3) is 0 Å². The van der Waals surface area contributed by atoms with Gasteiger partial charge < -0.3 is 5.11 Å². The average molecular weight is 323 g/mol. The van der Waals surface area contributed by atoms with Crippen LogP contribution >= 0.6 is 0 Å². The molecule has 0 amide bonds. The lowest BCUT2D eigenvalue weighted by molar-refractivity contribution is 0.134. The largest absolute Gasteiger partial charge is 0.396 e. The summed E-state index contributed by atoms with van der Waals surface area (Å²) in [5.41, 5.74) is 2.20. The van der Waals surface area contributed by atoms with Gasteiger partial charge in [0.05, 0.1) is 4.90 Å². The van der Waals surface area contributed by atoms with E-state index in [0.29, 0.717) is 11.4 Å². The first kappa shape index (κ1) is 16.0. The standard InChI is InChI=1S/C17H25NO3S/c19-13-17(9-3-4-10-17)12-18-22(20,21)16-8-7-14-5-1-2-6-15(14)11-16/h7-8,11,18-19H,1-6,9-10,12-13H2. The number of sulfonamides is 1. The first-order valence-electron chi connectivity index (χ1n) is 8.27. The lowest BCUT2D eigenvalue weighted by atomic mass is 9.88. The smallest absolute Gasteiger partial charge is 0.240 e. The number of aliphatic hydroxyl groups excluding tert-OH is 1. The molecule has 2 aliphatic carbocycles. The summed E-state index contributed by atoms with van der Waals surface area (Å²) >= 11 is 0. The minimum absolute atomic E-state index is 0.0553. The second kappa shape index (κ2) is 6.30. The van der Waals surface area contributed by atoms with Crippen LogP contribution in [0.5, 0.6) is 0 Å². The van der Waals surface area contributed by atoms with E-state index in [4.69, 9.17) is 0 Å². The highest BCUT2D eigenvalue weighted by Crippen LogP contribution is 2.37. The lowest BCUT2D eigenvalue weighted by Crippen LogP contribution is -2.38. The van der Waals surface area contributed by atoms with Crippen molar-refractivity contribution in [1.82, 2.24) is 4.72 Å². The Kier molecular flexibility index (Phi) is 4.57. The van der Waals surface area contributed by atoms with Crippen molar-refractivity contribution >= 4 is 10.0 Å². The number of aliphatic hydroxyl groups is 1. The van der Waals surface area contributed by atoms with Gasteiger partial charge in [-0.15, -0.1) is 0 Å². The summed E-state index contributed by atoms with van der Waals surface area (Å²) in [5.74, 6) is 0. The van der Waals surface area contributed by atoms with Gasteiger partial charge in [0.2, 0.25) is 10.0 Å². The van der Waals surface area contributed by atoms with Crippen LogP contribution in [-0.4, -0.2) is 26.7 Å². The molecule has 0 heterocycles. The van der Waals surface area contributed by atoms with Crippen molar-refractivity contribution in [2.75, 3.05) is 13.2 Å². The molecule has 1 aromatic carbocycles. The summed E-state index contributed by atoms with van der Waals surface area (Å²) in [5, 5.41) is 9.61. The maximum Gasteiger partial charge on any atom is 0.240 e. The molecule has 2 N–H and O–H groups in total. The number of benzene rings is 1. The third kappa shape index (κ3) is 3.21. The summed E-state index contributed by atoms with van der Waals surface area (Å²) in [6, 6.07) is 5.50. The maximum atomic E-state index is 12.5. The molecule has 0 saturated heterocycles. The summed E-state index contributed by atoms with van der Waals surface area (Å²) in [6.07, 6.45) is 8.29. The van der Waals surface area contributed by atoms with Crippen molar-refractivity contribution in [2.45, 2.75) is 56.3 Å². The zero-order valence-electron chi connectivity index (χ0n) is 13.0. The molecule has 0 aromatic heterocycles. The van der Waals surface area contributed by atoms with E-state index >= 15 is 0 Å². The minimum Gasteiger partial charge on any atom is -0.396 e. The van der Waals surface area contributed by atoms with Crippen LogP contribution in [0.15, 0.2) is 23.1 Å². The second-order valence-corrected chi connectivity index (χ2v) is 8.59. The molecule has 1 aromatic rings. The molecule has 2 aliphatic rings. The van der Waals surface area contributed by atoms with Crippen LogP contribution in [0.25, 0.3) is 0 Å². The van der Waals surface area contributed by atoms with Gasteiger partial charge >= 0.3 is 0 Å². The average Bonchev–Trinajstić information content (AvgIpc) is 3.02. The number of aryl methyl sites for hydroxylation is 2. The van der Waals surface area contributed by atoms with Crippen LogP contribution in [0.3, 0.4) is 0 Å². The van der Waals surface area contributed by atoms with Gasteiger partial charge in [0.1, 0.15) is 0 Å². The topological polar surface area (TPSA) is 66.4 Å². The van der Waals surface area contributed by atoms with Crippen LogP contribution in [0.4, 0.5) is 0 Å². The molecule has 0 spiro atoms. The maximum absolute atomic E-state index is 12.5. The van der Waals surface area contributed by atoms with Gasteiger partial charge in [-0.2, -0.15) is 0 Å². The highest BCUT2D eigenvalue weighted by atomic mass is 32.2. The van der Waals surface area contributed by atoms with Gasteiger partial charge in [-0.1, -0.05) is 18.9 Å². The fourth-order valence-corrected chi connectivity index (χ4v) is 4.93. The molecular weight excluding hydrogens is 298 g/mol. The molecule has 22 heavy (non-hydrogen) atoms. The molecule has 0 bridgehead atoms. The molecule has 0 radical (unpaired) electrons. The quantitative estimate of drug-likeness (QED) is 0.874. The zero-order valence-corrected chi connectivity index (χ0v) is 13.8. The third-order valence-corrected chi connectivity index (χ3v) is 6.67. The van der Waals surface area contributed by atoms with E-state index in [1.807, 2.05) is 12.1 Å². The number of hydrogen-bond acceptors (Lipinski definition) is 3. The Hall–Kier alpha value is -0.910. The molecule has 1 saturated carbocycles. The van der Waals surface area contributed by atoms with E-state index < -0.39 is 10.0 Å². The van der Waals surface area contributed by atoms with Crippen LogP contribution in [0.2, 0.25) is 0 Å². The second-order valence-electron chi connectivity index (χ2n) is 6.83. The van der Waals surface area contributed by atoms with E-state index in [1.54, 1.807) is 6.07 Å². The zero-order chi connectivity index (χ0) is 15.6. The van der Waals surface area contributed by atoms with Crippen LogP contribution in [0.1, 0.15) is 49.7 Å². The third-order valence-electron chi connectivity index (χ3n) is 5.27. The minimum atomic E-state index is -3.49. The van der Waals surface area contributed by atoms with Gasteiger partial charge in [0.15, 0.2) is 0 Å². The summed E-state index contributed by atoms with van der Waals surface area (Å²) < 4.78 is 27.8. The molecule has 5 heteroatoms. The predicted molar refractivity (Wildman–Crippen MR) is 86.3 cm³/mol. The van der Waals surface area contributed by atoms with E-state index in [9.17, 15) is 13.5 Å². The molecule has 4 nitrogen and oxygen atoms in total. The fraction of sp³-hybridized carbons (Fsp3) is 0.647. The first-order chi connectivity index (χ1) is 10.5. The summed E-state index contributed by atoms with van der Waals surface area (Å²) in [7, 11) is -3.49. The van der Waals surface area contributed by atoms with E-state index in [-0.39, 0.29) is 12.0 Å². The molecule has 0 aliphatic heterocycles. The van der Waals surface area contributed by atoms with Crippen LogP contribution in [0, 0.1) is 5.41 Å². The van der Waals surface area contributed by atoms with E-state index in [2.05, 4.69) is 4.72 Å². The molecule has 0 atom stereocenters. The Morgan fingerprint density at radius 3 is 2.41 bits per heavy atom. The Balaban J connectivity index is 1.75. The van der Waals surface area contributed by atoms with Gasteiger partial charge in [0, 0.05) is 18.6 Å². The molecule has 0 unspecified atom stereocenters. The summed E-state index contributed by atoms with van der Waals surface area (Å²) in [4.78, 5) is 0.360. The van der Waals surface area contributed by atoms with Crippen molar-refractivity contribution in [3.8, 4) is 0 Å². The highest BCUT2D eigenvalue weighted by molar-refractivity contribution is 7.89. The molecule has 3 rings (SSSR count). The summed E-state index contributed by atoms with van der Waals surface area (Å²) in [6.45, 7) is 0.391. The SMILES string of the molecule is O=S(=O)(NCC1(CO)CCCC1)c1ccc2c(c1)CCCC2. The van der Waals surface area contributed by atoms with E-state index in [1.165, 1.54) is 17.5 Å². The Morgan fingerprint density at radius 2 is 1.73 bits per heavy atom.